The Morgan fingerprint density at radius 3 is 2.86 bits per heavy atom. The number of amides is 1. The van der Waals surface area contributed by atoms with Crippen LogP contribution in [0, 0.1) is 5.92 Å². The average Bonchev–Trinajstić information content (AvgIpc) is 3.38. The summed E-state index contributed by atoms with van der Waals surface area (Å²) in [5.74, 6) is 1.10. The summed E-state index contributed by atoms with van der Waals surface area (Å²) < 4.78 is 0. The zero-order valence-corrected chi connectivity index (χ0v) is 18.3. The lowest BCUT2D eigenvalue weighted by atomic mass is 10.2. The molecule has 0 aliphatic carbocycles. The van der Waals surface area contributed by atoms with Crippen LogP contribution in [0.2, 0.25) is 0 Å². The maximum Gasteiger partial charge on any atom is 0.225 e. The van der Waals surface area contributed by atoms with Crippen molar-refractivity contribution in [2.75, 3.05) is 26.2 Å². The molecule has 7 heteroatoms. The van der Waals surface area contributed by atoms with Crippen molar-refractivity contribution in [2.45, 2.75) is 39.7 Å². The Bertz CT molecular complexity index is 818. The number of hydrogen-bond acceptors (Lipinski definition) is 4. The summed E-state index contributed by atoms with van der Waals surface area (Å²) in [7, 11) is 0. The third-order valence-corrected chi connectivity index (χ3v) is 5.83. The first kappa shape index (κ1) is 21.3. The van der Waals surface area contributed by atoms with Crippen molar-refractivity contribution >= 4 is 23.2 Å². The van der Waals surface area contributed by atoms with E-state index in [0.717, 1.165) is 54.7 Å². The van der Waals surface area contributed by atoms with E-state index in [9.17, 15) is 4.79 Å². The van der Waals surface area contributed by atoms with Gasteiger partial charge in [0.05, 0.1) is 5.69 Å². The second-order valence-corrected chi connectivity index (χ2v) is 8.45. The molecule has 1 fully saturated rings. The summed E-state index contributed by atoms with van der Waals surface area (Å²) in [6.45, 7) is 9.01. The molecule has 0 saturated carbocycles. The zero-order chi connectivity index (χ0) is 20.6. The van der Waals surface area contributed by atoms with E-state index in [1.807, 2.05) is 36.9 Å². The third-order valence-electron chi connectivity index (χ3n) is 4.89. The molecule has 0 bridgehead atoms. The van der Waals surface area contributed by atoms with Gasteiger partial charge in [-0.1, -0.05) is 44.2 Å². The summed E-state index contributed by atoms with van der Waals surface area (Å²) in [5.41, 5.74) is 2.23. The fourth-order valence-electron chi connectivity index (χ4n) is 3.37. The minimum atomic E-state index is 0.0505. The third kappa shape index (κ3) is 6.03. The summed E-state index contributed by atoms with van der Waals surface area (Å²) in [5, 5.41) is 9.96. The van der Waals surface area contributed by atoms with Crippen molar-refractivity contribution in [1.29, 1.82) is 0 Å². The molecule has 3 rings (SSSR count). The maximum absolute atomic E-state index is 12.2. The highest BCUT2D eigenvalue weighted by molar-refractivity contribution is 7.13. The van der Waals surface area contributed by atoms with E-state index in [2.05, 4.69) is 35.1 Å². The molecule has 6 nitrogen and oxygen atoms in total. The number of nitrogens with zero attached hydrogens (tertiary/aromatic N) is 3. The van der Waals surface area contributed by atoms with Crippen molar-refractivity contribution < 1.29 is 4.79 Å². The van der Waals surface area contributed by atoms with Gasteiger partial charge >= 0.3 is 0 Å². The van der Waals surface area contributed by atoms with Crippen LogP contribution in [0.1, 0.15) is 32.9 Å². The Morgan fingerprint density at radius 1 is 1.34 bits per heavy atom. The van der Waals surface area contributed by atoms with E-state index in [1.165, 1.54) is 0 Å². The number of hydrogen-bond donors (Lipinski definition) is 2. The molecular formula is C22H31N5OS. The van der Waals surface area contributed by atoms with Crippen LogP contribution >= 0.6 is 11.3 Å². The van der Waals surface area contributed by atoms with Gasteiger partial charge in [-0.2, -0.15) is 0 Å². The number of carbonyl (C=O) groups excluding carboxylic acids is 1. The van der Waals surface area contributed by atoms with Gasteiger partial charge in [-0.25, -0.2) is 4.98 Å². The van der Waals surface area contributed by atoms with E-state index in [4.69, 9.17) is 9.98 Å². The molecule has 29 heavy (non-hydrogen) atoms. The molecule has 1 atom stereocenters. The molecule has 1 aromatic heterocycles. The summed E-state index contributed by atoms with van der Waals surface area (Å²) in [6.07, 6.45) is 1.76. The smallest absolute Gasteiger partial charge is 0.225 e. The average molecular weight is 414 g/mol. The zero-order valence-electron chi connectivity index (χ0n) is 17.5. The number of likely N-dealkylation sites (tertiary alicyclic amines) is 1. The van der Waals surface area contributed by atoms with E-state index >= 15 is 0 Å². The van der Waals surface area contributed by atoms with Gasteiger partial charge in [0.1, 0.15) is 5.01 Å². The highest BCUT2D eigenvalue weighted by Gasteiger charge is 2.27. The SMILES string of the molecule is CCNC(=NCCc1csc(-c2ccccc2)n1)NC1CCN(C(=O)C(C)C)C1. The Morgan fingerprint density at radius 2 is 2.14 bits per heavy atom. The fraction of sp³-hybridized carbons (Fsp3) is 0.500. The molecule has 156 valence electrons. The minimum absolute atomic E-state index is 0.0505. The van der Waals surface area contributed by atoms with Crippen LogP contribution in [0.3, 0.4) is 0 Å². The number of thiazole rings is 1. The lowest BCUT2D eigenvalue weighted by Gasteiger charge is -2.20. The van der Waals surface area contributed by atoms with E-state index < -0.39 is 0 Å². The van der Waals surface area contributed by atoms with Crippen LogP contribution in [-0.2, 0) is 11.2 Å². The molecule has 2 N–H and O–H groups in total. The molecule has 1 saturated heterocycles. The second kappa shape index (κ2) is 10.4. The predicted octanol–water partition coefficient (Wildman–Crippen LogP) is 3.16. The summed E-state index contributed by atoms with van der Waals surface area (Å²) in [6, 6.07) is 10.5. The number of rotatable bonds is 7. The van der Waals surface area contributed by atoms with Crippen molar-refractivity contribution in [3.05, 3.63) is 41.4 Å². The van der Waals surface area contributed by atoms with Gasteiger partial charge in [-0.15, -0.1) is 11.3 Å². The van der Waals surface area contributed by atoms with Gasteiger partial charge in [0.2, 0.25) is 5.91 Å². The lowest BCUT2D eigenvalue weighted by molar-refractivity contribution is -0.133. The quantitative estimate of drug-likeness (QED) is 0.540. The maximum atomic E-state index is 12.2. The molecule has 2 aromatic rings. The number of guanidine groups is 1. The van der Waals surface area contributed by atoms with Crippen LogP contribution in [0.5, 0.6) is 0 Å². The molecule has 2 heterocycles. The summed E-state index contributed by atoms with van der Waals surface area (Å²) in [4.78, 5) is 23.6. The molecule has 1 aliphatic heterocycles. The molecule has 1 aromatic carbocycles. The molecular weight excluding hydrogens is 382 g/mol. The first-order valence-electron chi connectivity index (χ1n) is 10.4. The van der Waals surface area contributed by atoms with Gasteiger partial charge in [0.25, 0.3) is 0 Å². The largest absolute Gasteiger partial charge is 0.357 e. The molecule has 1 aliphatic rings. The first-order chi connectivity index (χ1) is 14.1. The number of aromatic nitrogens is 1. The number of carbonyl (C=O) groups is 1. The van der Waals surface area contributed by atoms with Crippen LogP contribution in [0.4, 0.5) is 0 Å². The molecule has 0 radical (unpaired) electrons. The molecule has 1 unspecified atom stereocenters. The van der Waals surface area contributed by atoms with E-state index in [1.54, 1.807) is 11.3 Å². The Hall–Kier alpha value is -2.41. The van der Waals surface area contributed by atoms with Gasteiger partial charge in [0.15, 0.2) is 5.96 Å². The predicted molar refractivity (Wildman–Crippen MR) is 120 cm³/mol. The Labute approximate surface area is 177 Å². The lowest BCUT2D eigenvalue weighted by Crippen LogP contribution is -2.45. The highest BCUT2D eigenvalue weighted by atomic mass is 32.1. The minimum Gasteiger partial charge on any atom is -0.357 e. The fourth-order valence-corrected chi connectivity index (χ4v) is 4.23. The van der Waals surface area contributed by atoms with Crippen molar-refractivity contribution in [2.24, 2.45) is 10.9 Å². The Kier molecular flexibility index (Phi) is 7.63. The number of aliphatic imine (C=N–C) groups is 1. The topological polar surface area (TPSA) is 69.6 Å². The molecule has 1 amide bonds. The summed E-state index contributed by atoms with van der Waals surface area (Å²) >= 11 is 1.67. The Balaban J connectivity index is 1.52. The monoisotopic (exact) mass is 413 g/mol. The van der Waals surface area contributed by atoms with Crippen LogP contribution in [0.15, 0.2) is 40.7 Å². The first-order valence-corrected chi connectivity index (χ1v) is 11.3. The second-order valence-electron chi connectivity index (χ2n) is 7.59. The van der Waals surface area contributed by atoms with Gasteiger partial charge < -0.3 is 15.5 Å². The van der Waals surface area contributed by atoms with Crippen LogP contribution in [0.25, 0.3) is 10.6 Å². The van der Waals surface area contributed by atoms with E-state index in [-0.39, 0.29) is 17.9 Å². The van der Waals surface area contributed by atoms with Crippen LogP contribution < -0.4 is 10.6 Å². The standard InChI is InChI=1S/C22H31N5OS/c1-4-23-22(26-18-11-13-27(14-18)21(28)16(2)3)24-12-10-19-15-29-20(25-19)17-8-6-5-7-9-17/h5-9,15-16,18H,4,10-14H2,1-3H3,(H2,23,24,26). The van der Waals surface area contributed by atoms with Crippen molar-refractivity contribution in [3.8, 4) is 10.6 Å². The normalized spacial score (nSPS) is 17.0. The van der Waals surface area contributed by atoms with Gasteiger partial charge in [-0.05, 0) is 13.3 Å². The molecule has 0 spiro atoms. The van der Waals surface area contributed by atoms with Gasteiger partial charge in [0, 0.05) is 55.5 Å². The number of benzene rings is 1. The van der Waals surface area contributed by atoms with Gasteiger partial charge in [-0.3, -0.25) is 9.79 Å². The highest BCUT2D eigenvalue weighted by Crippen LogP contribution is 2.23. The van der Waals surface area contributed by atoms with Crippen LogP contribution in [-0.4, -0.2) is 54.0 Å². The van der Waals surface area contributed by atoms with Crippen molar-refractivity contribution in [3.63, 3.8) is 0 Å². The van der Waals surface area contributed by atoms with Crippen molar-refractivity contribution in [1.82, 2.24) is 20.5 Å². The number of nitrogens with one attached hydrogen (secondary N) is 2. The van der Waals surface area contributed by atoms with E-state index in [0.29, 0.717) is 6.54 Å².